The summed E-state index contributed by atoms with van der Waals surface area (Å²) < 4.78 is 41.4. The molecule has 1 unspecified atom stereocenters. The van der Waals surface area contributed by atoms with Gasteiger partial charge in [0, 0.05) is 6.54 Å². The van der Waals surface area contributed by atoms with E-state index in [9.17, 15) is 18.0 Å². The average Bonchev–Trinajstić information content (AvgIpc) is 2.79. The fraction of sp³-hybridized carbons (Fsp3) is 0.450. The maximum atomic E-state index is 13.8. The van der Waals surface area contributed by atoms with Gasteiger partial charge in [-0.05, 0) is 48.2 Å². The van der Waals surface area contributed by atoms with Crippen LogP contribution in [0.2, 0.25) is 0 Å². The molecule has 2 aromatic carbocycles. The lowest BCUT2D eigenvalue weighted by Gasteiger charge is -2.30. The number of amides is 1. The molecule has 0 aliphatic carbocycles. The van der Waals surface area contributed by atoms with E-state index in [4.69, 9.17) is 0 Å². The van der Waals surface area contributed by atoms with Crippen LogP contribution >= 0.6 is 0 Å². The second kappa shape index (κ2) is 6.58. The Morgan fingerprint density at radius 2 is 1.81 bits per heavy atom. The lowest BCUT2D eigenvalue weighted by Crippen LogP contribution is -2.43. The second-order valence-corrected chi connectivity index (χ2v) is 7.59. The van der Waals surface area contributed by atoms with Crippen LogP contribution in [0.3, 0.4) is 0 Å². The number of halogens is 3. The number of hydrogen-bond donors (Lipinski definition) is 1. The van der Waals surface area contributed by atoms with Crippen LogP contribution in [0, 0.1) is 5.41 Å². The topological polar surface area (TPSA) is 32.3 Å². The first-order valence-corrected chi connectivity index (χ1v) is 8.79. The van der Waals surface area contributed by atoms with Gasteiger partial charge in [-0.25, -0.2) is 5.01 Å². The van der Waals surface area contributed by atoms with Crippen molar-refractivity contribution in [3.63, 3.8) is 0 Å². The van der Waals surface area contributed by atoms with Crippen LogP contribution < -0.4 is 5.43 Å². The number of fused-ring (bicyclic) bond motifs is 1. The average molecular weight is 364 g/mol. The smallest absolute Gasteiger partial charge is 0.287 e. The summed E-state index contributed by atoms with van der Waals surface area (Å²) in [6, 6.07) is 8.78. The van der Waals surface area contributed by atoms with Gasteiger partial charge < -0.3 is 0 Å². The number of nitrogens with zero attached hydrogens (tertiary/aromatic N) is 1. The standard InChI is InChI=1S/C20H23F3N2O/c1-4-5-13-6-7-15-11-16(9-8-14(15)10-13)17(20(21,22)23)25-12-19(2,3)18(26)24-25/h6-11,17H,4-5,12H2,1-3H3,(H,24,26). The Labute approximate surface area is 151 Å². The molecule has 140 valence electrons. The van der Waals surface area contributed by atoms with Gasteiger partial charge in [0.15, 0.2) is 0 Å². The van der Waals surface area contributed by atoms with Crippen molar-refractivity contribution in [1.82, 2.24) is 10.4 Å². The largest absolute Gasteiger partial charge is 0.409 e. The molecular weight excluding hydrogens is 341 g/mol. The maximum Gasteiger partial charge on any atom is 0.409 e. The summed E-state index contributed by atoms with van der Waals surface area (Å²) in [5, 5.41) is 2.70. The lowest BCUT2D eigenvalue weighted by atomic mass is 9.93. The number of carbonyl (C=O) groups excluding carboxylic acids is 1. The highest BCUT2D eigenvalue weighted by Gasteiger charge is 2.51. The Balaban J connectivity index is 1.99. The number of hydrogen-bond acceptors (Lipinski definition) is 2. The van der Waals surface area contributed by atoms with Gasteiger partial charge in [-0.15, -0.1) is 0 Å². The molecule has 0 saturated carbocycles. The van der Waals surface area contributed by atoms with Crippen LogP contribution in [0.5, 0.6) is 0 Å². The molecule has 0 bridgehead atoms. The van der Waals surface area contributed by atoms with E-state index in [1.807, 2.05) is 18.2 Å². The third-order valence-corrected chi connectivity index (χ3v) is 4.83. The molecule has 1 N–H and O–H groups in total. The van der Waals surface area contributed by atoms with E-state index in [-0.39, 0.29) is 12.1 Å². The lowest BCUT2D eigenvalue weighted by molar-refractivity contribution is -0.191. The minimum atomic E-state index is -4.50. The monoisotopic (exact) mass is 364 g/mol. The van der Waals surface area contributed by atoms with Crippen LogP contribution in [0.15, 0.2) is 36.4 Å². The molecule has 26 heavy (non-hydrogen) atoms. The molecule has 3 nitrogen and oxygen atoms in total. The fourth-order valence-corrected chi connectivity index (χ4v) is 3.45. The third kappa shape index (κ3) is 3.56. The molecular formula is C20H23F3N2O. The van der Waals surface area contributed by atoms with Crippen LogP contribution in [0.4, 0.5) is 13.2 Å². The van der Waals surface area contributed by atoms with E-state index in [0.717, 1.165) is 28.6 Å². The van der Waals surface area contributed by atoms with Crippen molar-refractivity contribution in [3.8, 4) is 0 Å². The zero-order valence-corrected chi connectivity index (χ0v) is 15.2. The number of nitrogens with one attached hydrogen (secondary N) is 1. The van der Waals surface area contributed by atoms with Gasteiger partial charge in [0.1, 0.15) is 6.04 Å². The highest BCUT2D eigenvalue weighted by molar-refractivity contribution is 5.85. The number of carbonyl (C=O) groups is 1. The van der Waals surface area contributed by atoms with Crippen LogP contribution in [-0.2, 0) is 11.2 Å². The van der Waals surface area contributed by atoms with Gasteiger partial charge in [0.05, 0.1) is 5.41 Å². The SMILES string of the molecule is CCCc1ccc2cc(C(N3CC(C)(C)C(=O)N3)C(F)(F)F)ccc2c1. The van der Waals surface area contributed by atoms with Crippen molar-refractivity contribution in [1.29, 1.82) is 0 Å². The predicted octanol–water partition coefficient (Wildman–Crippen LogP) is 4.77. The first-order valence-electron chi connectivity index (χ1n) is 8.79. The Morgan fingerprint density at radius 3 is 2.38 bits per heavy atom. The molecule has 3 rings (SSSR count). The normalized spacial score (nSPS) is 18.9. The Morgan fingerprint density at radius 1 is 1.15 bits per heavy atom. The highest BCUT2D eigenvalue weighted by Crippen LogP contribution is 2.41. The Kier molecular flexibility index (Phi) is 4.73. The van der Waals surface area contributed by atoms with Gasteiger partial charge in [-0.3, -0.25) is 10.2 Å². The molecule has 1 atom stereocenters. The van der Waals surface area contributed by atoms with Gasteiger partial charge in [-0.1, -0.05) is 43.7 Å². The van der Waals surface area contributed by atoms with E-state index in [0.29, 0.717) is 0 Å². The summed E-state index contributed by atoms with van der Waals surface area (Å²) in [7, 11) is 0. The summed E-state index contributed by atoms with van der Waals surface area (Å²) in [4.78, 5) is 12.0. The first kappa shape index (κ1) is 18.7. The second-order valence-electron chi connectivity index (χ2n) is 7.59. The number of rotatable bonds is 4. The number of alkyl halides is 3. The zero-order valence-electron chi connectivity index (χ0n) is 15.2. The third-order valence-electron chi connectivity index (χ3n) is 4.83. The Hall–Kier alpha value is -2.08. The van der Waals surface area contributed by atoms with Crippen molar-refractivity contribution in [2.24, 2.45) is 5.41 Å². The van der Waals surface area contributed by atoms with E-state index in [1.165, 1.54) is 11.6 Å². The summed E-state index contributed by atoms with van der Waals surface area (Å²) >= 11 is 0. The van der Waals surface area contributed by atoms with Crippen LogP contribution in [0.25, 0.3) is 10.8 Å². The highest BCUT2D eigenvalue weighted by atomic mass is 19.4. The molecule has 0 spiro atoms. The van der Waals surface area contributed by atoms with Crippen molar-refractivity contribution in [2.75, 3.05) is 6.54 Å². The molecule has 1 saturated heterocycles. The molecule has 1 fully saturated rings. The van der Waals surface area contributed by atoms with Gasteiger partial charge in [0.25, 0.3) is 0 Å². The molecule has 6 heteroatoms. The molecule has 1 amide bonds. The van der Waals surface area contributed by atoms with E-state index < -0.39 is 23.5 Å². The molecule has 0 aromatic heterocycles. The van der Waals surface area contributed by atoms with Crippen molar-refractivity contribution >= 4 is 16.7 Å². The van der Waals surface area contributed by atoms with Crippen molar-refractivity contribution in [2.45, 2.75) is 45.8 Å². The summed E-state index contributed by atoms with van der Waals surface area (Å²) in [6.45, 7) is 5.38. The molecule has 1 heterocycles. The van der Waals surface area contributed by atoms with E-state index >= 15 is 0 Å². The molecule has 1 aliphatic rings. The minimum Gasteiger partial charge on any atom is -0.287 e. The van der Waals surface area contributed by atoms with Crippen LogP contribution in [-0.4, -0.2) is 23.6 Å². The Bertz CT molecular complexity index is 829. The van der Waals surface area contributed by atoms with E-state index in [2.05, 4.69) is 12.3 Å². The number of hydrazine groups is 1. The number of aryl methyl sites for hydroxylation is 1. The molecule has 2 aromatic rings. The predicted molar refractivity (Wildman–Crippen MR) is 95.4 cm³/mol. The summed E-state index contributed by atoms with van der Waals surface area (Å²) in [6.07, 6.45) is -2.54. The quantitative estimate of drug-likeness (QED) is 0.848. The van der Waals surface area contributed by atoms with Crippen molar-refractivity contribution in [3.05, 3.63) is 47.5 Å². The maximum absolute atomic E-state index is 13.8. The summed E-state index contributed by atoms with van der Waals surface area (Å²) in [5.74, 6) is -0.392. The van der Waals surface area contributed by atoms with E-state index in [1.54, 1.807) is 26.0 Å². The molecule has 1 aliphatic heterocycles. The van der Waals surface area contributed by atoms with Crippen molar-refractivity contribution < 1.29 is 18.0 Å². The summed E-state index contributed by atoms with van der Waals surface area (Å²) in [5.41, 5.74) is 2.85. The van der Waals surface area contributed by atoms with Gasteiger partial charge >= 0.3 is 6.18 Å². The molecule has 0 radical (unpaired) electrons. The van der Waals surface area contributed by atoms with Gasteiger partial charge in [-0.2, -0.15) is 13.2 Å². The van der Waals surface area contributed by atoms with Gasteiger partial charge in [0.2, 0.25) is 5.91 Å². The fourth-order valence-electron chi connectivity index (χ4n) is 3.45. The van der Waals surface area contributed by atoms with Crippen LogP contribution in [0.1, 0.15) is 44.4 Å². The minimum absolute atomic E-state index is 0.00346. The number of benzene rings is 2. The first-order chi connectivity index (χ1) is 12.1. The zero-order chi connectivity index (χ0) is 19.1.